The molecule has 0 spiro atoms. The number of benzene rings is 3. The molecule has 36 heavy (non-hydrogen) atoms. The number of methoxy groups -OCH3 is 2. The zero-order valence-electron chi connectivity index (χ0n) is 20.7. The molecule has 1 unspecified atom stereocenters. The summed E-state index contributed by atoms with van der Waals surface area (Å²) in [6.45, 7) is 2.51. The SMILES string of the molecule is COc1ccc(CCN2Cc3cc(NC(=O)COc4ccccc4)ccc3OC(C)C2=O)cc1OC. The number of hydrogen-bond acceptors (Lipinski definition) is 6. The van der Waals surface area contributed by atoms with Crippen molar-refractivity contribution in [3.05, 3.63) is 77.9 Å². The Bertz CT molecular complexity index is 1210. The van der Waals surface area contributed by atoms with E-state index in [9.17, 15) is 9.59 Å². The van der Waals surface area contributed by atoms with Crippen molar-refractivity contribution in [2.75, 3.05) is 32.7 Å². The van der Waals surface area contributed by atoms with Gasteiger partial charge in [0.2, 0.25) is 0 Å². The standard InChI is InChI=1S/C28H30N2O6/c1-19-28(32)30(14-13-20-9-11-25(33-2)26(15-20)34-3)17-21-16-22(10-12-24(21)36-19)29-27(31)18-35-23-7-5-4-6-8-23/h4-12,15-16,19H,13-14,17-18H2,1-3H3,(H,29,31). The molecular formula is C28H30N2O6. The van der Waals surface area contributed by atoms with Crippen molar-refractivity contribution in [3.63, 3.8) is 0 Å². The molecule has 8 nitrogen and oxygen atoms in total. The van der Waals surface area contributed by atoms with Crippen molar-refractivity contribution in [1.29, 1.82) is 0 Å². The largest absolute Gasteiger partial charge is 0.493 e. The monoisotopic (exact) mass is 490 g/mol. The van der Waals surface area contributed by atoms with E-state index in [1.807, 2.05) is 42.5 Å². The molecule has 1 aliphatic rings. The Morgan fingerprint density at radius 3 is 2.56 bits per heavy atom. The molecule has 1 aliphatic heterocycles. The van der Waals surface area contributed by atoms with Gasteiger partial charge in [-0.05, 0) is 61.4 Å². The van der Waals surface area contributed by atoms with Gasteiger partial charge in [0, 0.05) is 24.3 Å². The van der Waals surface area contributed by atoms with Gasteiger partial charge in [0.15, 0.2) is 24.2 Å². The van der Waals surface area contributed by atoms with Crippen LogP contribution in [0, 0.1) is 0 Å². The predicted molar refractivity (Wildman–Crippen MR) is 136 cm³/mol. The molecule has 0 radical (unpaired) electrons. The van der Waals surface area contributed by atoms with Crippen LogP contribution in [0.1, 0.15) is 18.1 Å². The second kappa shape index (κ2) is 11.5. The van der Waals surface area contributed by atoms with Crippen LogP contribution in [-0.2, 0) is 22.6 Å². The minimum Gasteiger partial charge on any atom is -0.493 e. The Labute approximate surface area is 210 Å². The first-order valence-electron chi connectivity index (χ1n) is 11.7. The first kappa shape index (κ1) is 24.9. The minimum absolute atomic E-state index is 0.0893. The lowest BCUT2D eigenvalue weighted by atomic mass is 10.1. The Morgan fingerprint density at radius 1 is 1.03 bits per heavy atom. The molecule has 0 fully saturated rings. The first-order chi connectivity index (χ1) is 17.5. The van der Waals surface area contributed by atoms with Crippen LogP contribution in [0.3, 0.4) is 0 Å². The molecule has 1 N–H and O–H groups in total. The number of carbonyl (C=O) groups is 2. The van der Waals surface area contributed by atoms with E-state index in [2.05, 4.69) is 5.32 Å². The van der Waals surface area contributed by atoms with E-state index in [0.717, 1.165) is 11.1 Å². The van der Waals surface area contributed by atoms with E-state index in [4.69, 9.17) is 18.9 Å². The van der Waals surface area contributed by atoms with E-state index in [-0.39, 0.29) is 18.4 Å². The molecule has 188 valence electrons. The summed E-state index contributed by atoms with van der Waals surface area (Å²) in [6.07, 6.45) is 0.0258. The number of fused-ring (bicyclic) bond motifs is 1. The zero-order chi connectivity index (χ0) is 25.5. The Morgan fingerprint density at radius 2 is 1.81 bits per heavy atom. The average molecular weight is 491 g/mol. The number of ether oxygens (including phenoxy) is 4. The van der Waals surface area contributed by atoms with Crippen molar-refractivity contribution < 1.29 is 28.5 Å². The number of nitrogens with one attached hydrogen (secondary N) is 1. The number of para-hydroxylation sites is 1. The Kier molecular flexibility index (Phi) is 7.95. The van der Waals surface area contributed by atoms with Gasteiger partial charge in [0.05, 0.1) is 14.2 Å². The van der Waals surface area contributed by atoms with Crippen molar-refractivity contribution in [2.45, 2.75) is 26.0 Å². The number of nitrogens with zero attached hydrogens (tertiary/aromatic N) is 1. The lowest BCUT2D eigenvalue weighted by molar-refractivity contribution is -0.137. The molecule has 0 bridgehead atoms. The molecule has 8 heteroatoms. The van der Waals surface area contributed by atoms with Gasteiger partial charge in [-0.3, -0.25) is 9.59 Å². The van der Waals surface area contributed by atoms with Gasteiger partial charge in [-0.2, -0.15) is 0 Å². The molecule has 1 heterocycles. The molecule has 0 aliphatic carbocycles. The Balaban J connectivity index is 1.42. The van der Waals surface area contributed by atoms with Crippen LogP contribution < -0.4 is 24.3 Å². The molecule has 3 aromatic carbocycles. The van der Waals surface area contributed by atoms with Gasteiger partial charge in [0.25, 0.3) is 11.8 Å². The van der Waals surface area contributed by atoms with Crippen molar-refractivity contribution in [2.24, 2.45) is 0 Å². The van der Waals surface area contributed by atoms with Crippen LogP contribution in [0.25, 0.3) is 0 Å². The van der Waals surface area contributed by atoms with Crippen LogP contribution in [0.5, 0.6) is 23.0 Å². The van der Waals surface area contributed by atoms with Gasteiger partial charge in [-0.25, -0.2) is 0 Å². The number of carbonyl (C=O) groups excluding carboxylic acids is 2. The lowest BCUT2D eigenvalue weighted by Gasteiger charge is -2.22. The maximum Gasteiger partial charge on any atom is 0.263 e. The summed E-state index contributed by atoms with van der Waals surface area (Å²) in [5.41, 5.74) is 2.46. The van der Waals surface area contributed by atoms with Gasteiger partial charge < -0.3 is 29.2 Å². The van der Waals surface area contributed by atoms with E-state index in [1.165, 1.54) is 0 Å². The number of rotatable bonds is 9. The van der Waals surface area contributed by atoms with Gasteiger partial charge >= 0.3 is 0 Å². The topological polar surface area (TPSA) is 86.3 Å². The molecule has 2 amide bonds. The summed E-state index contributed by atoms with van der Waals surface area (Å²) >= 11 is 0. The predicted octanol–water partition coefficient (Wildman–Crippen LogP) is 4.07. The normalized spacial score (nSPS) is 14.8. The highest BCUT2D eigenvalue weighted by Gasteiger charge is 2.28. The van der Waals surface area contributed by atoms with Crippen LogP contribution in [-0.4, -0.2) is 50.2 Å². The summed E-state index contributed by atoms with van der Waals surface area (Å²) < 4.78 is 22.1. The fraction of sp³-hybridized carbons (Fsp3) is 0.286. The molecule has 4 rings (SSSR count). The van der Waals surface area contributed by atoms with E-state index in [1.54, 1.807) is 50.3 Å². The van der Waals surface area contributed by atoms with Crippen molar-refractivity contribution in [1.82, 2.24) is 4.90 Å². The zero-order valence-corrected chi connectivity index (χ0v) is 20.7. The molecule has 1 atom stereocenters. The molecule has 0 saturated carbocycles. The molecule has 3 aromatic rings. The summed E-state index contributed by atoms with van der Waals surface area (Å²) in [7, 11) is 3.19. The maximum absolute atomic E-state index is 13.0. The molecule has 0 aromatic heterocycles. The smallest absolute Gasteiger partial charge is 0.263 e. The fourth-order valence-electron chi connectivity index (χ4n) is 4.03. The third-order valence-electron chi connectivity index (χ3n) is 5.90. The molecule has 0 saturated heterocycles. The number of amides is 2. The summed E-state index contributed by atoms with van der Waals surface area (Å²) in [5, 5.41) is 2.85. The van der Waals surface area contributed by atoms with Gasteiger partial charge in [-0.1, -0.05) is 24.3 Å². The highest BCUT2D eigenvalue weighted by atomic mass is 16.5. The van der Waals surface area contributed by atoms with Gasteiger partial charge in [-0.15, -0.1) is 0 Å². The average Bonchev–Trinajstić information content (AvgIpc) is 3.02. The van der Waals surface area contributed by atoms with E-state index in [0.29, 0.717) is 48.2 Å². The summed E-state index contributed by atoms with van der Waals surface area (Å²) in [4.78, 5) is 27.2. The van der Waals surface area contributed by atoms with Crippen molar-refractivity contribution in [3.8, 4) is 23.0 Å². The third-order valence-corrected chi connectivity index (χ3v) is 5.90. The highest BCUT2D eigenvalue weighted by Crippen LogP contribution is 2.30. The van der Waals surface area contributed by atoms with Crippen LogP contribution in [0.4, 0.5) is 5.69 Å². The lowest BCUT2D eigenvalue weighted by Crippen LogP contribution is -2.39. The summed E-state index contributed by atoms with van der Waals surface area (Å²) in [5.74, 6) is 2.20. The maximum atomic E-state index is 13.0. The van der Waals surface area contributed by atoms with Crippen molar-refractivity contribution >= 4 is 17.5 Å². The van der Waals surface area contributed by atoms with E-state index < -0.39 is 6.10 Å². The van der Waals surface area contributed by atoms with E-state index >= 15 is 0 Å². The second-order valence-corrected chi connectivity index (χ2v) is 8.43. The number of hydrogen-bond donors (Lipinski definition) is 1. The molecular weight excluding hydrogens is 460 g/mol. The first-order valence-corrected chi connectivity index (χ1v) is 11.7. The second-order valence-electron chi connectivity index (χ2n) is 8.43. The van der Waals surface area contributed by atoms with Crippen LogP contribution in [0.2, 0.25) is 0 Å². The summed E-state index contributed by atoms with van der Waals surface area (Å²) in [6, 6.07) is 20.3. The fourth-order valence-corrected chi connectivity index (χ4v) is 4.03. The minimum atomic E-state index is -0.614. The Hall–Kier alpha value is -4.20. The number of anilines is 1. The van der Waals surface area contributed by atoms with Gasteiger partial charge in [0.1, 0.15) is 11.5 Å². The van der Waals surface area contributed by atoms with Crippen LogP contribution in [0.15, 0.2) is 66.7 Å². The quantitative estimate of drug-likeness (QED) is 0.487. The third kappa shape index (κ3) is 6.07. The van der Waals surface area contributed by atoms with Crippen LogP contribution >= 0.6 is 0 Å². The highest BCUT2D eigenvalue weighted by molar-refractivity contribution is 5.92.